The summed E-state index contributed by atoms with van der Waals surface area (Å²) in [6.45, 7) is 2.48. The lowest BCUT2D eigenvalue weighted by Crippen LogP contribution is -2.43. The molecule has 0 aliphatic carbocycles. The molecule has 9 nitrogen and oxygen atoms in total. The second kappa shape index (κ2) is 8.50. The Hall–Kier alpha value is -2.46. The summed E-state index contributed by atoms with van der Waals surface area (Å²) >= 11 is 1.44. The minimum atomic E-state index is -0.295. The van der Waals surface area contributed by atoms with Crippen LogP contribution in [0.1, 0.15) is 37.2 Å². The van der Waals surface area contributed by atoms with Crippen LogP contribution in [0.15, 0.2) is 6.20 Å². The molecule has 2 aromatic rings. The third-order valence-electron chi connectivity index (χ3n) is 5.67. The van der Waals surface area contributed by atoms with Gasteiger partial charge in [-0.3, -0.25) is 10.1 Å². The van der Waals surface area contributed by atoms with Crippen LogP contribution >= 0.6 is 11.3 Å². The Labute approximate surface area is 172 Å². The quantitative estimate of drug-likeness (QED) is 0.785. The summed E-state index contributed by atoms with van der Waals surface area (Å²) in [5.74, 6) is 0.367. The van der Waals surface area contributed by atoms with Gasteiger partial charge in [-0.25, -0.2) is 14.8 Å². The van der Waals surface area contributed by atoms with Crippen LogP contribution < -0.4 is 15.8 Å². The third kappa shape index (κ3) is 4.13. The van der Waals surface area contributed by atoms with Gasteiger partial charge in [0.25, 0.3) is 0 Å². The standard InChI is InChI=1S/C19H25N5O4S/c1-27-17-14-15(13(10-21-17)11-4-8-28-9-5-11)29-18(22-14)23-19(26)24-6-2-12(3-7-24)16(20)25/h10-12H,2-9H2,1H3,(H2,20,25)(H,22,23,26). The van der Waals surface area contributed by atoms with E-state index in [1.54, 1.807) is 12.0 Å². The van der Waals surface area contributed by atoms with E-state index in [0.29, 0.717) is 48.4 Å². The Morgan fingerprint density at radius 1 is 1.28 bits per heavy atom. The largest absolute Gasteiger partial charge is 0.479 e. The number of piperidine rings is 1. The summed E-state index contributed by atoms with van der Waals surface area (Å²) in [5.41, 5.74) is 7.17. The number of hydrogen-bond acceptors (Lipinski definition) is 7. The summed E-state index contributed by atoms with van der Waals surface area (Å²) in [6, 6.07) is -0.216. The molecule has 2 aromatic heterocycles. The molecule has 2 aliphatic rings. The Kier molecular flexibility index (Phi) is 5.81. The van der Waals surface area contributed by atoms with Crippen molar-refractivity contribution in [1.29, 1.82) is 0 Å². The number of primary amides is 1. The van der Waals surface area contributed by atoms with Crippen molar-refractivity contribution in [2.75, 3.05) is 38.7 Å². The zero-order valence-electron chi connectivity index (χ0n) is 16.3. The number of urea groups is 1. The van der Waals surface area contributed by atoms with Gasteiger partial charge >= 0.3 is 6.03 Å². The highest BCUT2D eigenvalue weighted by Crippen LogP contribution is 2.39. The maximum atomic E-state index is 12.7. The molecule has 0 radical (unpaired) electrons. The summed E-state index contributed by atoms with van der Waals surface area (Å²) in [5, 5.41) is 3.41. The number of thiazole rings is 1. The number of anilines is 1. The van der Waals surface area contributed by atoms with Crippen molar-refractivity contribution < 1.29 is 19.1 Å². The Morgan fingerprint density at radius 3 is 2.66 bits per heavy atom. The van der Waals surface area contributed by atoms with Gasteiger partial charge in [0.05, 0.1) is 11.8 Å². The van der Waals surface area contributed by atoms with E-state index in [-0.39, 0.29) is 17.9 Å². The first kappa shape index (κ1) is 19.8. The molecule has 0 spiro atoms. The molecule has 0 atom stereocenters. The fourth-order valence-electron chi connectivity index (χ4n) is 3.95. The molecule has 0 saturated carbocycles. The summed E-state index contributed by atoms with van der Waals surface area (Å²) in [6.07, 6.45) is 4.92. The SMILES string of the molecule is COc1ncc(C2CCOCC2)c2sc(NC(=O)N3CCC(C(N)=O)CC3)nc12. The molecule has 29 heavy (non-hydrogen) atoms. The third-order valence-corrected chi connectivity index (χ3v) is 6.69. The number of carbonyl (C=O) groups excluding carboxylic acids is 2. The van der Waals surface area contributed by atoms with Gasteiger partial charge in [-0.2, -0.15) is 0 Å². The first-order chi connectivity index (χ1) is 14.1. The summed E-state index contributed by atoms with van der Waals surface area (Å²) in [7, 11) is 1.57. The fraction of sp³-hybridized carbons (Fsp3) is 0.579. The van der Waals surface area contributed by atoms with Crippen LogP contribution in [-0.4, -0.2) is 60.2 Å². The number of hydrogen-bond donors (Lipinski definition) is 2. The minimum Gasteiger partial charge on any atom is -0.479 e. The van der Waals surface area contributed by atoms with Gasteiger partial charge in [-0.1, -0.05) is 11.3 Å². The van der Waals surface area contributed by atoms with E-state index >= 15 is 0 Å². The maximum absolute atomic E-state index is 12.7. The van der Waals surface area contributed by atoms with Crippen molar-refractivity contribution >= 4 is 38.6 Å². The molecule has 0 aromatic carbocycles. The molecule has 4 rings (SSSR count). The van der Waals surface area contributed by atoms with Crippen LogP contribution in [-0.2, 0) is 9.53 Å². The van der Waals surface area contributed by atoms with Crippen LogP contribution in [0, 0.1) is 5.92 Å². The number of likely N-dealkylation sites (tertiary alicyclic amines) is 1. The lowest BCUT2D eigenvalue weighted by molar-refractivity contribution is -0.122. The first-order valence-corrected chi connectivity index (χ1v) is 10.6. The fourth-order valence-corrected chi connectivity index (χ4v) is 4.98. The minimum absolute atomic E-state index is 0.154. The number of nitrogens with one attached hydrogen (secondary N) is 1. The van der Waals surface area contributed by atoms with E-state index in [4.69, 9.17) is 15.2 Å². The lowest BCUT2D eigenvalue weighted by atomic mass is 9.93. The Balaban J connectivity index is 1.53. The predicted molar refractivity (Wildman–Crippen MR) is 109 cm³/mol. The molecule has 0 unspecified atom stereocenters. The molecule has 0 bridgehead atoms. The number of amides is 3. The van der Waals surface area contributed by atoms with Crippen molar-refractivity contribution in [3.05, 3.63) is 11.8 Å². The Bertz CT molecular complexity index is 903. The normalized spacial score (nSPS) is 18.7. The number of ether oxygens (including phenoxy) is 2. The highest BCUT2D eigenvalue weighted by atomic mass is 32.1. The average molecular weight is 420 g/mol. The second-order valence-corrected chi connectivity index (χ2v) is 8.40. The van der Waals surface area contributed by atoms with Gasteiger partial charge in [-0.05, 0) is 37.2 Å². The van der Waals surface area contributed by atoms with Crippen molar-refractivity contribution in [1.82, 2.24) is 14.9 Å². The van der Waals surface area contributed by atoms with Gasteiger partial charge in [0, 0.05) is 38.4 Å². The van der Waals surface area contributed by atoms with Crippen molar-refractivity contribution in [2.24, 2.45) is 11.7 Å². The zero-order chi connectivity index (χ0) is 20.4. The maximum Gasteiger partial charge on any atom is 0.323 e. The van der Waals surface area contributed by atoms with Gasteiger partial charge < -0.3 is 20.1 Å². The van der Waals surface area contributed by atoms with Gasteiger partial charge in [0.15, 0.2) is 5.13 Å². The molecule has 2 saturated heterocycles. The molecule has 2 fully saturated rings. The molecule has 10 heteroatoms. The summed E-state index contributed by atoms with van der Waals surface area (Å²) in [4.78, 5) is 34.7. The van der Waals surface area contributed by atoms with Crippen LogP contribution in [0.2, 0.25) is 0 Å². The van der Waals surface area contributed by atoms with Crippen LogP contribution in [0.25, 0.3) is 10.2 Å². The second-order valence-electron chi connectivity index (χ2n) is 7.40. The Morgan fingerprint density at radius 2 is 2.00 bits per heavy atom. The van der Waals surface area contributed by atoms with Gasteiger partial charge in [0.2, 0.25) is 11.8 Å². The average Bonchev–Trinajstić information content (AvgIpc) is 3.17. The molecular weight excluding hydrogens is 394 g/mol. The lowest BCUT2D eigenvalue weighted by Gasteiger charge is -2.30. The van der Waals surface area contributed by atoms with Crippen LogP contribution in [0.4, 0.5) is 9.93 Å². The van der Waals surface area contributed by atoms with E-state index in [9.17, 15) is 9.59 Å². The topological polar surface area (TPSA) is 120 Å². The van der Waals surface area contributed by atoms with E-state index in [1.165, 1.54) is 11.3 Å². The first-order valence-electron chi connectivity index (χ1n) is 9.83. The number of methoxy groups -OCH3 is 1. The molecule has 4 heterocycles. The highest BCUT2D eigenvalue weighted by Gasteiger charge is 2.27. The number of pyridine rings is 1. The zero-order valence-corrected chi connectivity index (χ0v) is 17.2. The molecule has 3 N–H and O–H groups in total. The van der Waals surface area contributed by atoms with Gasteiger partial charge in [0.1, 0.15) is 5.52 Å². The van der Waals surface area contributed by atoms with E-state index in [2.05, 4.69) is 15.3 Å². The van der Waals surface area contributed by atoms with Crippen molar-refractivity contribution in [3.63, 3.8) is 0 Å². The van der Waals surface area contributed by atoms with E-state index in [1.807, 2.05) is 6.20 Å². The number of rotatable bonds is 4. The van der Waals surface area contributed by atoms with E-state index in [0.717, 1.165) is 36.3 Å². The highest BCUT2D eigenvalue weighted by molar-refractivity contribution is 7.22. The number of nitrogens with two attached hydrogens (primary N) is 1. The van der Waals surface area contributed by atoms with Gasteiger partial charge in [-0.15, -0.1) is 0 Å². The number of nitrogens with zero attached hydrogens (tertiary/aromatic N) is 3. The van der Waals surface area contributed by atoms with Crippen LogP contribution in [0.5, 0.6) is 5.88 Å². The molecular formula is C19H25N5O4S. The number of aromatic nitrogens is 2. The summed E-state index contributed by atoms with van der Waals surface area (Å²) < 4.78 is 11.8. The smallest absolute Gasteiger partial charge is 0.323 e. The van der Waals surface area contributed by atoms with Crippen LogP contribution in [0.3, 0.4) is 0 Å². The number of carbonyl (C=O) groups is 2. The van der Waals surface area contributed by atoms with E-state index < -0.39 is 0 Å². The monoisotopic (exact) mass is 419 g/mol. The molecule has 2 aliphatic heterocycles. The molecule has 3 amide bonds. The number of fused-ring (bicyclic) bond motifs is 1. The predicted octanol–water partition coefficient (Wildman–Crippen LogP) is 2.32. The molecule has 156 valence electrons. The van der Waals surface area contributed by atoms with Crippen molar-refractivity contribution in [3.8, 4) is 5.88 Å². The van der Waals surface area contributed by atoms with Crippen molar-refractivity contribution in [2.45, 2.75) is 31.6 Å².